The molecule has 96 valence electrons. The highest BCUT2D eigenvalue weighted by Gasteiger charge is 2.11. The van der Waals surface area contributed by atoms with Crippen LogP contribution in [0.25, 0.3) is 0 Å². The fourth-order valence-corrected chi connectivity index (χ4v) is 2.35. The highest BCUT2D eigenvalue weighted by atomic mass is 35.5. The molecule has 1 aromatic heterocycles. The molecule has 2 rings (SSSR count). The van der Waals surface area contributed by atoms with Crippen molar-refractivity contribution in [2.45, 2.75) is 20.4 Å². The van der Waals surface area contributed by atoms with Crippen molar-refractivity contribution in [1.29, 1.82) is 0 Å². The minimum atomic E-state index is 0.654. The number of hydrogen-bond acceptors (Lipinski definition) is 2. The Labute approximate surface area is 117 Å². The van der Waals surface area contributed by atoms with Gasteiger partial charge in [0, 0.05) is 29.9 Å². The zero-order valence-corrected chi connectivity index (χ0v) is 12.1. The lowest BCUT2D eigenvalue weighted by Crippen LogP contribution is -2.02. The Morgan fingerprint density at radius 1 is 1.28 bits per heavy atom. The Morgan fingerprint density at radius 3 is 2.56 bits per heavy atom. The highest BCUT2D eigenvalue weighted by Crippen LogP contribution is 2.23. The first-order valence-electron chi connectivity index (χ1n) is 5.67. The maximum Gasteiger partial charge on any atom is 0.131 e. The minimum Gasteiger partial charge on any atom is -0.381 e. The van der Waals surface area contributed by atoms with Crippen LogP contribution in [0, 0.1) is 13.8 Å². The summed E-state index contributed by atoms with van der Waals surface area (Å²) in [5.41, 5.74) is 4.13. The van der Waals surface area contributed by atoms with E-state index in [4.69, 9.17) is 23.2 Å². The standard InChI is InChI=1S/C13H15Cl2N3/c1-8-6-10(14)4-5-12(8)16-7-11-9(2)17-18(3)13(11)15/h4-6,16H,7H2,1-3H3. The number of rotatable bonds is 3. The monoisotopic (exact) mass is 283 g/mol. The average Bonchev–Trinajstić information content (AvgIpc) is 2.53. The second-order valence-corrected chi connectivity index (χ2v) is 5.09. The van der Waals surface area contributed by atoms with Crippen molar-refractivity contribution in [2.24, 2.45) is 7.05 Å². The van der Waals surface area contributed by atoms with Gasteiger partial charge in [-0.05, 0) is 37.6 Å². The quantitative estimate of drug-likeness (QED) is 0.924. The van der Waals surface area contributed by atoms with Gasteiger partial charge in [-0.15, -0.1) is 0 Å². The molecule has 3 nitrogen and oxygen atoms in total. The van der Waals surface area contributed by atoms with Crippen molar-refractivity contribution in [3.05, 3.63) is 45.2 Å². The van der Waals surface area contributed by atoms with Crippen LogP contribution in [0.15, 0.2) is 18.2 Å². The van der Waals surface area contributed by atoms with E-state index >= 15 is 0 Å². The molecule has 0 saturated heterocycles. The second kappa shape index (κ2) is 5.21. The number of nitrogens with zero attached hydrogens (tertiary/aromatic N) is 2. The molecule has 0 spiro atoms. The molecule has 1 heterocycles. The zero-order chi connectivity index (χ0) is 13.3. The van der Waals surface area contributed by atoms with E-state index in [2.05, 4.69) is 10.4 Å². The van der Waals surface area contributed by atoms with Crippen LogP contribution in [0.1, 0.15) is 16.8 Å². The number of aromatic nitrogens is 2. The number of anilines is 1. The minimum absolute atomic E-state index is 0.654. The van der Waals surface area contributed by atoms with Gasteiger partial charge in [-0.3, -0.25) is 4.68 Å². The maximum atomic E-state index is 6.18. The molecule has 0 saturated carbocycles. The van der Waals surface area contributed by atoms with E-state index in [0.29, 0.717) is 11.7 Å². The summed E-state index contributed by atoms with van der Waals surface area (Å²) in [5.74, 6) is 0. The van der Waals surface area contributed by atoms with E-state index in [9.17, 15) is 0 Å². The molecule has 0 unspecified atom stereocenters. The van der Waals surface area contributed by atoms with Gasteiger partial charge in [0.15, 0.2) is 0 Å². The maximum absolute atomic E-state index is 6.18. The van der Waals surface area contributed by atoms with Gasteiger partial charge < -0.3 is 5.32 Å². The van der Waals surface area contributed by atoms with Gasteiger partial charge in [0.25, 0.3) is 0 Å². The van der Waals surface area contributed by atoms with Crippen LogP contribution in [0.4, 0.5) is 5.69 Å². The lowest BCUT2D eigenvalue weighted by molar-refractivity contribution is 0.757. The molecule has 1 aromatic carbocycles. The molecule has 0 aliphatic carbocycles. The van der Waals surface area contributed by atoms with Gasteiger partial charge in [-0.25, -0.2) is 0 Å². The van der Waals surface area contributed by atoms with Gasteiger partial charge in [0.2, 0.25) is 0 Å². The number of nitrogens with one attached hydrogen (secondary N) is 1. The van der Waals surface area contributed by atoms with E-state index in [0.717, 1.165) is 27.5 Å². The van der Waals surface area contributed by atoms with Gasteiger partial charge in [0.1, 0.15) is 5.15 Å². The van der Waals surface area contributed by atoms with Gasteiger partial charge in [-0.2, -0.15) is 5.10 Å². The van der Waals surface area contributed by atoms with Crippen molar-refractivity contribution >= 4 is 28.9 Å². The first kappa shape index (κ1) is 13.2. The molecule has 0 amide bonds. The first-order valence-corrected chi connectivity index (χ1v) is 6.42. The van der Waals surface area contributed by atoms with Crippen LogP contribution in [-0.4, -0.2) is 9.78 Å². The molecule has 0 aliphatic heterocycles. The van der Waals surface area contributed by atoms with Crippen molar-refractivity contribution in [3.8, 4) is 0 Å². The fourth-order valence-electron chi connectivity index (χ4n) is 1.88. The van der Waals surface area contributed by atoms with Gasteiger partial charge in [-0.1, -0.05) is 23.2 Å². The van der Waals surface area contributed by atoms with Crippen LogP contribution in [0.3, 0.4) is 0 Å². The van der Waals surface area contributed by atoms with E-state index < -0.39 is 0 Å². The Morgan fingerprint density at radius 2 is 2.00 bits per heavy atom. The van der Waals surface area contributed by atoms with Crippen LogP contribution in [0.2, 0.25) is 10.2 Å². The smallest absolute Gasteiger partial charge is 0.131 e. The first-order chi connectivity index (χ1) is 8.49. The van der Waals surface area contributed by atoms with E-state index in [1.807, 2.05) is 39.1 Å². The summed E-state index contributed by atoms with van der Waals surface area (Å²) in [4.78, 5) is 0. The topological polar surface area (TPSA) is 29.9 Å². The Balaban J connectivity index is 2.16. The van der Waals surface area contributed by atoms with Crippen LogP contribution in [-0.2, 0) is 13.6 Å². The molecule has 0 atom stereocenters. The van der Waals surface area contributed by atoms with Crippen LogP contribution >= 0.6 is 23.2 Å². The van der Waals surface area contributed by atoms with E-state index in [-0.39, 0.29) is 0 Å². The SMILES string of the molecule is Cc1cc(Cl)ccc1NCc1c(C)nn(C)c1Cl. The molecule has 0 radical (unpaired) electrons. The van der Waals surface area contributed by atoms with Crippen molar-refractivity contribution in [3.63, 3.8) is 0 Å². The Bertz CT molecular complexity index is 576. The molecule has 2 aromatic rings. The van der Waals surface area contributed by atoms with Gasteiger partial charge >= 0.3 is 0 Å². The van der Waals surface area contributed by atoms with E-state index in [1.54, 1.807) is 4.68 Å². The second-order valence-electron chi connectivity index (χ2n) is 4.29. The fraction of sp³-hybridized carbons (Fsp3) is 0.308. The third-order valence-corrected chi connectivity index (χ3v) is 3.62. The molecule has 0 aliphatic rings. The number of hydrogen-bond donors (Lipinski definition) is 1. The summed E-state index contributed by atoms with van der Waals surface area (Å²) < 4.78 is 1.68. The summed E-state index contributed by atoms with van der Waals surface area (Å²) in [7, 11) is 1.84. The molecular weight excluding hydrogens is 269 g/mol. The van der Waals surface area contributed by atoms with Crippen molar-refractivity contribution in [2.75, 3.05) is 5.32 Å². The number of halogens is 2. The summed E-state index contributed by atoms with van der Waals surface area (Å²) in [6.45, 7) is 4.63. The third kappa shape index (κ3) is 2.62. The summed E-state index contributed by atoms with van der Waals surface area (Å²) in [5, 5.41) is 9.05. The lowest BCUT2D eigenvalue weighted by Gasteiger charge is -2.09. The van der Waals surface area contributed by atoms with Crippen LogP contribution < -0.4 is 5.32 Å². The summed E-state index contributed by atoms with van der Waals surface area (Å²) >= 11 is 12.1. The van der Waals surface area contributed by atoms with Crippen molar-refractivity contribution in [1.82, 2.24) is 9.78 Å². The third-order valence-electron chi connectivity index (χ3n) is 2.91. The predicted molar refractivity (Wildman–Crippen MR) is 76.5 cm³/mol. The molecular formula is C13H15Cl2N3. The Kier molecular flexibility index (Phi) is 3.83. The van der Waals surface area contributed by atoms with Gasteiger partial charge in [0.05, 0.1) is 5.69 Å². The molecule has 1 N–H and O–H groups in total. The summed E-state index contributed by atoms with van der Waals surface area (Å²) in [6.07, 6.45) is 0. The zero-order valence-electron chi connectivity index (χ0n) is 10.6. The molecule has 18 heavy (non-hydrogen) atoms. The molecule has 0 bridgehead atoms. The van der Waals surface area contributed by atoms with Crippen molar-refractivity contribution < 1.29 is 0 Å². The largest absolute Gasteiger partial charge is 0.381 e. The normalized spacial score (nSPS) is 10.7. The number of benzene rings is 1. The van der Waals surface area contributed by atoms with Crippen LogP contribution in [0.5, 0.6) is 0 Å². The predicted octanol–water partition coefficient (Wildman–Crippen LogP) is 3.96. The molecule has 5 heteroatoms. The lowest BCUT2D eigenvalue weighted by atomic mass is 10.2. The average molecular weight is 284 g/mol. The highest BCUT2D eigenvalue weighted by molar-refractivity contribution is 6.31. The number of aryl methyl sites for hydroxylation is 3. The van der Waals surface area contributed by atoms with E-state index in [1.165, 1.54) is 0 Å². The Hall–Kier alpha value is -1.19. The molecule has 0 fully saturated rings. The summed E-state index contributed by atoms with van der Waals surface area (Å²) in [6, 6.07) is 5.77.